The van der Waals surface area contributed by atoms with Gasteiger partial charge in [-0.3, -0.25) is 4.79 Å². The molecule has 2 heterocycles. The summed E-state index contributed by atoms with van der Waals surface area (Å²) in [4.78, 5) is 14.2. The van der Waals surface area contributed by atoms with Gasteiger partial charge in [-0.1, -0.05) is 17.3 Å². The van der Waals surface area contributed by atoms with Crippen molar-refractivity contribution in [2.24, 2.45) is 5.92 Å². The number of hydrogen-bond donors (Lipinski definition) is 1. The van der Waals surface area contributed by atoms with E-state index in [1.807, 2.05) is 37.3 Å². The van der Waals surface area contributed by atoms with Gasteiger partial charge in [-0.15, -0.1) is 0 Å². The lowest BCUT2D eigenvalue weighted by molar-refractivity contribution is -0.130. The number of hydrogen-bond acceptors (Lipinski definition) is 5. The van der Waals surface area contributed by atoms with Gasteiger partial charge in [0.1, 0.15) is 11.5 Å². The van der Waals surface area contributed by atoms with Gasteiger partial charge < -0.3 is 19.3 Å². The predicted octanol–water partition coefficient (Wildman–Crippen LogP) is 1.99. The number of carbonyl (C=O) groups excluding carboxylic acids is 1. The quantitative estimate of drug-likeness (QED) is 0.867. The van der Waals surface area contributed by atoms with Crippen LogP contribution in [0.5, 0.6) is 5.75 Å². The van der Waals surface area contributed by atoms with Crippen LogP contribution in [0.1, 0.15) is 23.4 Å². The number of β-amino-alcohol motifs (C(OH)–C–C–N with tert-alkyl or cyclic N) is 1. The van der Waals surface area contributed by atoms with Crippen LogP contribution in [0.4, 0.5) is 0 Å². The number of aryl methyl sites for hydroxylation is 2. The lowest BCUT2D eigenvalue weighted by Gasteiger charge is -2.16. The number of ether oxygens (including phenoxy) is 1. The zero-order valence-electron chi connectivity index (χ0n) is 14.6. The minimum Gasteiger partial charge on any atom is -0.497 e. The van der Waals surface area contributed by atoms with E-state index in [1.54, 1.807) is 12.0 Å². The molecule has 2 atom stereocenters. The molecule has 0 bridgehead atoms. The van der Waals surface area contributed by atoms with Crippen molar-refractivity contribution < 1.29 is 19.2 Å². The van der Waals surface area contributed by atoms with Crippen molar-refractivity contribution in [3.05, 3.63) is 47.3 Å². The SMILES string of the molecule is COc1ccc(CCC(=O)N2CC(O)C(Cc3cc(C)no3)C2)cc1. The van der Waals surface area contributed by atoms with Gasteiger partial charge in [-0.05, 0) is 31.0 Å². The van der Waals surface area contributed by atoms with Crippen molar-refractivity contribution in [1.82, 2.24) is 10.1 Å². The summed E-state index contributed by atoms with van der Waals surface area (Å²) in [5, 5.41) is 14.1. The Morgan fingerprint density at radius 1 is 1.36 bits per heavy atom. The van der Waals surface area contributed by atoms with Gasteiger partial charge in [0.15, 0.2) is 0 Å². The van der Waals surface area contributed by atoms with Crippen molar-refractivity contribution in [2.75, 3.05) is 20.2 Å². The molecular weight excluding hydrogens is 320 g/mol. The van der Waals surface area contributed by atoms with Crippen LogP contribution in [0.15, 0.2) is 34.9 Å². The fourth-order valence-corrected chi connectivity index (χ4v) is 3.23. The molecule has 1 N–H and O–H groups in total. The van der Waals surface area contributed by atoms with Gasteiger partial charge >= 0.3 is 0 Å². The number of rotatable bonds is 6. The number of likely N-dealkylation sites (tertiary alicyclic amines) is 1. The molecule has 1 aromatic heterocycles. The highest BCUT2D eigenvalue weighted by Gasteiger charge is 2.34. The Hall–Kier alpha value is -2.34. The highest BCUT2D eigenvalue weighted by molar-refractivity contribution is 5.76. The lowest BCUT2D eigenvalue weighted by atomic mass is 10.0. The van der Waals surface area contributed by atoms with Crippen LogP contribution in [-0.4, -0.2) is 47.4 Å². The molecular formula is C19H24N2O4. The first kappa shape index (κ1) is 17.5. The Kier molecular flexibility index (Phi) is 5.38. The van der Waals surface area contributed by atoms with E-state index in [-0.39, 0.29) is 11.8 Å². The molecule has 1 saturated heterocycles. The van der Waals surface area contributed by atoms with Gasteiger partial charge in [0.25, 0.3) is 0 Å². The number of aliphatic hydroxyl groups excluding tert-OH is 1. The summed E-state index contributed by atoms with van der Waals surface area (Å²) in [5.74, 6) is 1.64. The number of carbonyl (C=O) groups is 1. The molecule has 0 aliphatic carbocycles. The number of aliphatic hydroxyl groups is 1. The minimum absolute atomic E-state index is 0.00251. The summed E-state index contributed by atoms with van der Waals surface area (Å²) in [6, 6.07) is 9.62. The van der Waals surface area contributed by atoms with Crippen LogP contribution in [0.3, 0.4) is 0 Å². The average Bonchev–Trinajstić information content (AvgIpc) is 3.19. The van der Waals surface area contributed by atoms with Gasteiger partial charge in [-0.25, -0.2) is 0 Å². The molecule has 1 aliphatic rings. The van der Waals surface area contributed by atoms with Crippen LogP contribution in [0.25, 0.3) is 0 Å². The Morgan fingerprint density at radius 3 is 2.76 bits per heavy atom. The molecule has 2 aromatic rings. The summed E-state index contributed by atoms with van der Waals surface area (Å²) in [7, 11) is 1.63. The molecule has 0 spiro atoms. The average molecular weight is 344 g/mol. The van der Waals surface area contributed by atoms with Crippen LogP contribution in [0.2, 0.25) is 0 Å². The van der Waals surface area contributed by atoms with E-state index in [0.717, 1.165) is 22.8 Å². The van der Waals surface area contributed by atoms with Crippen LogP contribution in [0, 0.1) is 12.8 Å². The molecule has 0 radical (unpaired) electrons. The van der Waals surface area contributed by atoms with E-state index in [0.29, 0.717) is 32.4 Å². The number of amides is 1. The largest absolute Gasteiger partial charge is 0.497 e. The van der Waals surface area contributed by atoms with E-state index in [4.69, 9.17) is 9.26 Å². The van der Waals surface area contributed by atoms with E-state index >= 15 is 0 Å². The maximum atomic E-state index is 12.4. The van der Waals surface area contributed by atoms with Crippen LogP contribution < -0.4 is 4.74 Å². The normalized spacial score (nSPS) is 20.0. The second-order valence-electron chi connectivity index (χ2n) is 6.61. The first-order chi connectivity index (χ1) is 12.0. The number of nitrogens with zero attached hydrogens (tertiary/aromatic N) is 2. The lowest BCUT2D eigenvalue weighted by Crippen LogP contribution is -2.29. The maximum Gasteiger partial charge on any atom is 0.223 e. The third-order valence-electron chi connectivity index (χ3n) is 4.69. The Labute approximate surface area is 147 Å². The maximum absolute atomic E-state index is 12.4. The molecule has 6 nitrogen and oxygen atoms in total. The summed E-state index contributed by atoms with van der Waals surface area (Å²) >= 11 is 0. The zero-order valence-corrected chi connectivity index (χ0v) is 14.6. The molecule has 1 amide bonds. The number of methoxy groups -OCH3 is 1. The number of aromatic nitrogens is 1. The minimum atomic E-state index is -0.518. The second-order valence-corrected chi connectivity index (χ2v) is 6.61. The molecule has 1 fully saturated rings. The van der Waals surface area contributed by atoms with Gasteiger partial charge in [0.05, 0.1) is 18.9 Å². The van der Waals surface area contributed by atoms with Gasteiger partial charge in [0.2, 0.25) is 5.91 Å². The summed E-state index contributed by atoms with van der Waals surface area (Å²) in [5.41, 5.74) is 1.93. The van der Waals surface area contributed by atoms with Crippen LogP contribution >= 0.6 is 0 Å². The first-order valence-corrected chi connectivity index (χ1v) is 8.56. The zero-order chi connectivity index (χ0) is 17.8. The van der Waals surface area contributed by atoms with Crippen molar-refractivity contribution >= 4 is 5.91 Å². The van der Waals surface area contributed by atoms with Crippen molar-refractivity contribution in [3.63, 3.8) is 0 Å². The fraction of sp³-hybridized carbons (Fsp3) is 0.474. The van der Waals surface area contributed by atoms with E-state index in [9.17, 15) is 9.90 Å². The summed E-state index contributed by atoms with van der Waals surface area (Å²) in [6.07, 6.45) is 1.20. The molecule has 6 heteroatoms. The number of benzene rings is 1. The Morgan fingerprint density at radius 2 is 2.12 bits per heavy atom. The summed E-state index contributed by atoms with van der Waals surface area (Å²) in [6.45, 7) is 2.81. The van der Waals surface area contributed by atoms with Crippen molar-refractivity contribution in [3.8, 4) is 5.75 Å². The monoisotopic (exact) mass is 344 g/mol. The molecule has 0 saturated carbocycles. The van der Waals surface area contributed by atoms with Crippen molar-refractivity contribution in [1.29, 1.82) is 0 Å². The van der Waals surface area contributed by atoms with E-state index < -0.39 is 6.10 Å². The topological polar surface area (TPSA) is 75.8 Å². The fourth-order valence-electron chi connectivity index (χ4n) is 3.23. The predicted molar refractivity (Wildman–Crippen MR) is 92.3 cm³/mol. The van der Waals surface area contributed by atoms with E-state index in [2.05, 4.69) is 5.16 Å². The molecule has 1 aliphatic heterocycles. The highest BCUT2D eigenvalue weighted by atomic mass is 16.5. The Balaban J connectivity index is 1.50. The highest BCUT2D eigenvalue weighted by Crippen LogP contribution is 2.23. The molecule has 3 rings (SSSR count). The van der Waals surface area contributed by atoms with E-state index in [1.165, 1.54) is 0 Å². The molecule has 2 unspecified atom stereocenters. The van der Waals surface area contributed by atoms with Crippen LogP contribution in [-0.2, 0) is 17.6 Å². The smallest absolute Gasteiger partial charge is 0.223 e. The van der Waals surface area contributed by atoms with Gasteiger partial charge in [0, 0.05) is 37.9 Å². The van der Waals surface area contributed by atoms with Gasteiger partial charge in [-0.2, -0.15) is 0 Å². The van der Waals surface area contributed by atoms with Crippen molar-refractivity contribution in [2.45, 2.75) is 32.3 Å². The third kappa shape index (κ3) is 4.39. The first-order valence-electron chi connectivity index (χ1n) is 8.56. The third-order valence-corrected chi connectivity index (χ3v) is 4.69. The molecule has 25 heavy (non-hydrogen) atoms. The Bertz CT molecular complexity index is 710. The summed E-state index contributed by atoms with van der Waals surface area (Å²) < 4.78 is 10.4. The second kappa shape index (κ2) is 7.70. The molecule has 134 valence electrons. The standard InChI is InChI=1S/C19H24N2O4/c1-13-9-17(25-20-13)10-15-11-21(12-18(15)22)19(23)8-5-14-3-6-16(24-2)7-4-14/h3-4,6-7,9,15,18,22H,5,8,10-12H2,1-2H3. The molecule has 1 aromatic carbocycles.